The van der Waals surface area contributed by atoms with Crippen molar-refractivity contribution in [3.8, 4) is 11.5 Å². The summed E-state index contributed by atoms with van der Waals surface area (Å²) in [6.07, 6.45) is 0. The van der Waals surface area contributed by atoms with Crippen LogP contribution in [0.15, 0.2) is 27.7 Å². The van der Waals surface area contributed by atoms with Gasteiger partial charge in [0.25, 0.3) is 0 Å². The Balaban J connectivity index is 1.69. The molecule has 0 aliphatic carbocycles. The molecule has 0 radical (unpaired) electrons. The molecule has 0 bridgehead atoms. The van der Waals surface area contributed by atoms with Crippen molar-refractivity contribution < 1.29 is 14.0 Å². The summed E-state index contributed by atoms with van der Waals surface area (Å²) in [4.78, 5) is 4.40. The van der Waals surface area contributed by atoms with Crippen molar-refractivity contribution in [3.05, 3.63) is 35.2 Å². The zero-order chi connectivity index (χ0) is 15.5. The fourth-order valence-corrected chi connectivity index (χ4v) is 2.99. The molecule has 0 unspecified atom stereocenters. The number of hydrogen-bond donors (Lipinski definition) is 1. The summed E-state index contributed by atoms with van der Waals surface area (Å²) in [6, 6.07) is 5.54. The lowest BCUT2D eigenvalue weighted by Crippen LogP contribution is -2.15. The molecule has 2 aromatic rings. The Kier molecular flexibility index (Phi) is 4.24. The number of aryl methyl sites for hydroxylation is 2. The van der Waals surface area contributed by atoms with Crippen molar-refractivity contribution in [2.24, 2.45) is 10.7 Å². The number of thioether (sulfide) groups is 1. The van der Waals surface area contributed by atoms with Crippen LogP contribution in [0.2, 0.25) is 0 Å². The number of benzene rings is 1. The van der Waals surface area contributed by atoms with E-state index in [0.29, 0.717) is 29.9 Å². The molecule has 0 saturated heterocycles. The summed E-state index contributed by atoms with van der Waals surface area (Å²) < 4.78 is 16.1. The molecule has 0 spiro atoms. The summed E-state index contributed by atoms with van der Waals surface area (Å²) in [6.45, 7) is 4.94. The number of ether oxygens (including phenoxy) is 2. The summed E-state index contributed by atoms with van der Waals surface area (Å²) in [5.74, 6) is 2.95. The molecular formula is C15H17N3O3S. The van der Waals surface area contributed by atoms with E-state index < -0.39 is 0 Å². The smallest absolute Gasteiger partial charge is 0.163 e. The van der Waals surface area contributed by atoms with E-state index in [1.165, 1.54) is 11.8 Å². The molecule has 1 aromatic heterocycles. The minimum atomic E-state index is 0.483. The Morgan fingerprint density at radius 2 is 2.05 bits per heavy atom. The summed E-state index contributed by atoms with van der Waals surface area (Å²) >= 11 is 1.45. The van der Waals surface area contributed by atoms with Gasteiger partial charge in [0.1, 0.15) is 19.0 Å². The van der Waals surface area contributed by atoms with Gasteiger partial charge in [-0.3, -0.25) is 0 Å². The quantitative estimate of drug-likeness (QED) is 0.692. The van der Waals surface area contributed by atoms with Gasteiger partial charge in [0.05, 0.1) is 11.4 Å². The average Bonchev–Trinajstić information content (AvgIpc) is 2.84. The maximum atomic E-state index is 5.99. The number of nitrogens with zero attached hydrogens (tertiary/aromatic N) is 2. The topological polar surface area (TPSA) is 82.9 Å². The molecule has 2 heterocycles. The standard InChI is InChI=1S/C15H17N3O3S/c1-9-12(10(2)21-18-9)8-22-15(16)17-11-3-4-13-14(7-11)20-6-5-19-13/h3-4,7H,5-6,8H2,1-2H3,(H2,16,17). The first-order valence-electron chi connectivity index (χ1n) is 6.92. The van der Waals surface area contributed by atoms with Crippen molar-refractivity contribution in [2.45, 2.75) is 19.6 Å². The number of aromatic nitrogens is 1. The zero-order valence-corrected chi connectivity index (χ0v) is 13.3. The van der Waals surface area contributed by atoms with Gasteiger partial charge in [-0.1, -0.05) is 16.9 Å². The van der Waals surface area contributed by atoms with Crippen LogP contribution in [0.3, 0.4) is 0 Å². The largest absolute Gasteiger partial charge is 0.486 e. The molecule has 0 amide bonds. The highest BCUT2D eigenvalue weighted by Crippen LogP contribution is 2.34. The van der Waals surface area contributed by atoms with E-state index in [9.17, 15) is 0 Å². The number of fused-ring (bicyclic) bond motifs is 1. The molecule has 6 nitrogen and oxygen atoms in total. The van der Waals surface area contributed by atoms with Gasteiger partial charge in [-0.15, -0.1) is 0 Å². The van der Waals surface area contributed by atoms with Crippen molar-refractivity contribution in [1.29, 1.82) is 0 Å². The monoisotopic (exact) mass is 319 g/mol. The zero-order valence-electron chi connectivity index (χ0n) is 12.5. The molecule has 0 fully saturated rings. The summed E-state index contributed by atoms with van der Waals surface area (Å²) in [5, 5.41) is 4.41. The van der Waals surface area contributed by atoms with E-state index in [0.717, 1.165) is 28.5 Å². The number of rotatable bonds is 3. The Bertz CT molecular complexity index is 693. The Morgan fingerprint density at radius 1 is 1.27 bits per heavy atom. The van der Waals surface area contributed by atoms with Crippen LogP contribution in [0.25, 0.3) is 0 Å². The van der Waals surface area contributed by atoms with Crippen molar-refractivity contribution >= 4 is 22.6 Å². The lowest BCUT2D eigenvalue weighted by Gasteiger charge is -2.18. The van der Waals surface area contributed by atoms with Crippen LogP contribution < -0.4 is 15.2 Å². The lowest BCUT2D eigenvalue weighted by atomic mass is 10.2. The molecule has 0 atom stereocenters. The van der Waals surface area contributed by atoms with Crippen LogP contribution in [0.4, 0.5) is 5.69 Å². The summed E-state index contributed by atoms with van der Waals surface area (Å²) in [7, 11) is 0. The Hall–Kier alpha value is -2.15. The Morgan fingerprint density at radius 3 is 2.77 bits per heavy atom. The maximum Gasteiger partial charge on any atom is 0.163 e. The SMILES string of the molecule is Cc1noc(C)c1CSC(N)=Nc1ccc2c(c1)OCCO2. The normalized spacial score (nSPS) is 14.2. The third-order valence-corrected chi connectivity index (χ3v) is 4.13. The highest BCUT2D eigenvalue weighted by Gasteiger charge is 2.12. The molecule has 1 aromatic carbocycles. The van der Waals surface area contributed by atoms with E-state index in [1.54, 1.807) is 0 Å². The molecule has 1 aliphatic rings. The third kappa shape index (κ3) is 3.19. The average molecular weight is 319 g/mol. The third-order valence-electron chi connectivity index (χ3n) is 3.31. The predicted molar refractivity (Wildman–Crippen MR) is 86.0 cm³/mol. The van der Waals surface area contributed by atoms with Crippen LogP contribution >= 0.6 is 11.8 Å². The van der Waals surface area contributed by atoms with E-state index in [2.05, 4.69) is 10.1 Å². The molecule has 2 N–H and O–H groups in total. The minimum Gasteiger partial charge on any atom is -0.486 e. The first kappa shape index (κ1) is 14.8. The van der Waals surface area contributed by atoms with Gasteiger partial charge in [-0.05, 0) is 26.0 Å². The van der Waals surface area contributed by atoms with Crippen molar-refractivity contribution in [1.82, 2.24) is 5.16 Å². The minimum absolute atomic E-state index is 0.483. The second kappa shape index (κ2) is 6.31. The molecule has 7 heteroatoms. The second-order valence-corrected chi connectivity index (χ2v) is 5.87. The number of amidine groups is 1. The van der Waals surface area contributed by atoms with Crippen LogP contribution in [0.1, 0.15) is 17.0 Å². The van der Waals surface area contributed by atoms with Gasteiger partial charge in [0.15, 0.2) is 16.7 Å². The molecular weight excluding hydrogens is 302 g/mol. The van der Waals surface area contributed by atoms with E-state index >= 15 is 0 Å². The van der Waals surface area contributed by atoms with E-state index in [1.807, 2.05) is 32.0 Å². The van der Waals surface area contributed by atoms with Gasteiger partial charge in [0.2, 0.25) is 0 Å². The Labute approximate surface area is 132 Å². The highest BCUT2D eigenvalue weighted by atomic mass is 32.2. The van der Waals surface area contributed by atoms with Gasteiger partial charge >= 0.3 is 0 Å². The fraction of sp³-hybridized carbons (Fsp3) is 0.333. The molecule has 116 valence electrons. The van der Waals surface area contributed by atoms with Crippen molar-refractivity contribution in [2.75, 3.05) is 13.2 Å². The van der Waals surface area contributed by atoms with Gasteiger partial charge in [0, 0.05) is 17.4 Å². The number of aliphatic imine (C=N–C) groups is 1. The molecule has 0 saturated carbocycles. The fourth-order valence-electron chi connectivity index (χ4n) is 2.12. The first-order valence-corrected chi connectivity index (χ1v) is 7.90. The second-order valence-electron chi connectivity index (χ2n) is 4.87. The number of nitrogens with two attached hydrogens (primary N) is 1. The highest BCUT2D eigenvalue weighted by molar-refractivity contribution is 8.13. The van der Waals surface area contributed by atoms with Crippen LogP contribution in [0, 0.1) is 13.8 Å². The maximum absolute atomic E-state index is 5.99. The molecule has 1 aliphatic heterocycles. The van der Waals surface area contributed by atoms with Gasteiger partial charge in [-0.25, -0.2) is 4.99 Å². The van der Waals surface area contributed by atoms with Crippen molar-refractivity contribution in [3.63, 3.8) is 0 Å². The van der Waals surface area contributed by atoms with Gasteiger partial charge in [-0.2, -0.15) is 0 Å². The van der Waals surface area contributed by atoms with Crippen LogP contribution in [-0.4, -0.2) is 23.5 Å². The van der Waals surface area contributed by atoms with Crippen LogP contribution in [-0.2, 0) is 5.75 Å². The van der Waals surface area contributed by atoms with E-state index in [-0.39, 0.29) is 0 Å². The van der Waals surface area contributed by atoms with E-state index in [4.69, 9.17) is 19.7 Å². The summed E-state index contributed by atoms with van der Waals surface area (Å²) in [5.41, 5.74) is 8.68. The lowest BCUT2D eigenvalue weighted by molar-refractivity contribution is 0.171. The number of hydrogen-bond acceptors (Lipinski definition) is 6. The van der Waals surface area contributed by atoms with Crippen LogP contribution in [0.5, 0.6) is 11.5 Å². The molecule has 22 heavy (non-hydrogen) atoms. The first-order chi connectivity index (χ1) is 10.6. The van der Waals surface area contributed by atoms with Gasteiger partial charge < -0.3 is 19.7 Å². The molecule has 3 rings (SSSR count). The predicted octanol–water partition coefficient (Wildman–Crippen LogP) is 2.94.